The van der Waals surface area contributed by atoms with E-state index in [1.165, 1.54) is 0 Å². The molecule has 0 spiro atoms. The average Bonchev–Trinajstić information content (AvgIpc) is 1.85. The van der Waals surface area contributed by atoms with Gasteiger partial charge in [-0.25, -0.2) is 8.78 Å². The SMILES string of the molecule is CCOC.CN1CC(F)(F)C1.F.I. The fourth-order valence-corrected chi connectivity index (χ4v) is 0.743. The Morgan fingerprint density at radius 1 is 1.38 bits per heavy atom. The van der Waals surface area contributed by atoms with Gasteiger partial charge in [-0.05, 0) is 14.0 Å². The van der Waals surface area contributed by atoms with Gasteiger partial charge in [0.15, 0.2) is 0 Å². The second-order valence-electron chi connectivity index (χ2n) is 2.61. The predicted octanol–water partition coefficient (Wildman–Crippen LogP) is 1.99. The van der Waals surface area contributed by atoms with Crippen molar-refractivity contribution in [2.75, 3.05) is 33.9 Å². The summed E-state index contributed by atoms with van der Waals surface area (Å²) >= 11 is 0. The summed E-state index contributed by atoms with van der Waals surface area (Å²) in [5.41, 5.74) is 0. The summed E-state index contributed by atoms with van der Waals surface area (Å²) in [5, 5.41) is 0. The monoisotopic (exact) mass is 315 g/mol. The first kappa shape index (κ1) is 19.1. The van der Waals surface area contributed by atoms with Gasteiger partial charge in [-0.1, -0.05) is 0 Å². The smallest absolute Gasteiger partial charge is 0.272 e. The lowest BCUT2D eigenvalue weighted by Crippen LogP contribution is -2.53. The van der Waals surface area contributed by atoms with E-state index in [-0.39, 0.29) is 41.8 Å². The molecule has 2 nitrogen and oxygen atoms in total. The van der Waals surface area contributed by atoms with Crippen LogP contribution in [0, 0.1) is 0 Å². The molecule has 0 N–H and O–H groups in total. The predicted molar refractivity (Wildman–Crippen MR) is 57.9 cm³/mol. The lowest BCUT2D eigenvalue weighted by Gasteiger charge is -2.35. The summed E-state index contributed by atoms with van der Waals surface area (Å²) in [5.74, 6) is -2.38. The van der Waals surface area contributed by atoms with Gasteiger partial charge in [0.25, 0.3) is 5.92 Å². The molecule has 0 bridgehead atoms. The van der Waals surface area contributed by atoms with E-state index in [9.17, 15) is 8.78 Å². The van der Waals surface area contributed by atoms with Crippen LogP contribution < -0.4 is 0 Å². The Kier molecular flexibility index (Phi) is 13.2. The van der Waals surface area contributed by atoms with Gasteiger partial charge in [0.2, 0.25) is 0 Å². The Balaban J connectivity index is -0.000000150. The first-order chi connectivity index (χ1) is 5.02. The maximum atomic E-state index is 11.7. The minimum absolute atomic E-state index is 0. The van der Waals surface area contributed by atoms with Crippen LogP contribution in [-0.2, 0) is 4.74 Å². The minimum atomic E-state index is -2.38. The molecule has 0 aromatic rings. The zero-order chi connectivity index (χ0) is 8.91. The largest absolute Gasteiger partial charge is 0.385 e. The second kappa shape index (κ2) is 9.01. The van der Waals surface area contributed by atoms with Crippen molar-refractivity contribution < 1.29 is 18.2 Å². The molecule has 1 rings (SSSR count). The molecule has 0 amide bonds. The molecular weight excluding hydrogens is 298 g/mol. The van der Waals surface area contributed by atoms with Crippen LogP contribution in [0.25, 0.3) is 0 Å². The number of nitrogens with zero attached hydrogens (tertiary/aromatic N) is 1. The Morgan fingerprint density at radius 3 is 1.69 bits per heavy atom. The average molecular weight is 315 g/mol. The summed E-state index contributed by atoms with van der Waals surface area (Å²) in [4.78, 5) is 1.58. The van der Waals surface area contributed by atoms with Gasteiger partial charge >= 0.3 is 0 Å². The van der Waals surface area contributed by atoms with Crippen molar-refractivity contribution in [1.29, 1.82) is 0 Å². The third-order valence-corrected chi connectivity index (χ3v) is 1.29. The zero-order valence-electron chi connectivity index (χ0n) is 8.05. The van der Waals surface area contributed by atoms with Crippen molar-refractivity contribution >= 4 is 24.0 Å². The Bertz CT molecular complexity index is 106. The maximum absolute atomic E-state index is 11.7. The van der Waals surface area contributed by atoms with Gasteiger partial charge in [-0.15, -0.1) is 24.0 Å². The quantitative estimate of drug-likeness (QED) is 0.686. The van der Waals surface area contributed by atoms with Gasteiger partial charge in [0.05, 0.1) is 13.1 Å². The minimum Gasteiger partial charge on any atom is -0.385 e. The third-order valence-electron chi connectivity index (χ3n) is 1.29. The van der Waals surface area contributed by atoms with E-state index in [1.54, 1.807) is 19.1 Å². The normalized spacial score (nSPS) is 18.2. The Morgan fingerprint density at radius 2 is 1.69 bits per heavy atom. The molecule has 0 aromatic carbocycles. The molecule has 1 heterocycles. The number of hydrogen-bond acceptors (Lipinski definition) is 2. The molecule has 1 saturated heterocycles. The van der Waals surface area contributed by atoms with Crippen molar-refractivity contribution in [1.82, 2.24) is 4.90 Å². The van der Waals surface area contributed by atoms with Crippen molar-refractivity contribution in [3.8, 4) is 0 Å². The van der Waals surface area contributed by atoms with Gasteiger partial charge in [-0.3, -0.25) is 9.60 Å². The highest BCUT2D eigenvalue weighted by Gasteiger charge is 2.41. The topological polar surface area (TPSA) is 12.5 Å². The second-order valence-corrected chi connectivity index (χ2v) is 2.61. The van der Waals surface area contributed by atoms with Crippen LogP contribution in [-0.4, -0.2) is 44.7 Å². The van der Waals surface area contributed by atoms with Crippen molar-refractivity contribution in [3.05, 3.63) is 0 Å². The Labute approximate surface area is 94.0 Å². The molecule has 84 valence electrons. The van der Waals surface area contributed by atoms with Crippen LogP contribution >= 0.6 is 24.0 Å². The fourth-order valence-electron chi connectivity index (χ4n) is 0.743. The van der Waals surface area contributed by atoms with Crippen LogP contribution in [0.1, 0.15) is 6.92 Å². The molecule has 0 unspecified atom stereocenters. The molecule has 0 radical (unpaired) electrons. The molecule has 0 atom stereocenters. The molecule has 1 fully saturated rings. The van der Waals surface area contributed by atoms with Crippen molar-refractivity contribution in [3.63, 3.8) is 0 Å². The van der Waals surface area contributed by atoms with E-state index >= 15 is 0 Å². The van der Waals surface area contributed by atoms with Crippen LogP contribution in [0.15, 0.2) is 0 Å². The highest BCUT2D eigenvalue weighted by Crippen LogP contribution is 2.23. The van der Waals surface area contributed by atoms with E-state index in [1.807, 2.05) is 6.92 Å². The standard InChI is InChI=1S/C4H7F2N.C3H8O.FH.HI/c1-7-2-4(5,6)3-7;1-3-4-2;;/h2-3H2,1H3;3H2,1-2H3;2*1H. The molecular formula is C7H17F3INO. The molecule has 1 aliphatic rings. The summed E-state index contributed by atoms with van der Waals surface area (Å²) < 4.78 is 28.0. The number of likely N-dealkylation sites (tertiary alicyclic amines) is 1. The van der Waals surface area contributed by atoms with Crippen molar-refractivity contribution in [2.24, 2.45) is 0 Å². The van der Waals surface area contributed by atoms with Crippen LogP contribution in [0.5, 0.6) is 0 Å². The number of halogens is 4. The molecule has 0 aromatic heterocycles. The van der Waals surface area contributed by atoms with Crippen LogP contribution in [0.3, 0.4) is 0 Å². The van der Waals surface area contributed by atoms with E-state index in [4.69, 9.17) is 0 Å². The lowest BCUT2D eigenvalue weighted by atomic mass is 10.2. The highest BCUT2D eigenvalue weighted by atomic mass is 127. The molecule has 6 heteroatoms. The molecule has 13 heavy (non-hydrogen) atoms. The summed E-state index contributed by atoms with van der Waals surface area (Å²) in [6.45, 7) is 2.65. The number of hydrogen-bond donors (Lipinski definition) is 0. The maximum Gasteiger partial charge on any atom is 0.272 e. The number of alkyl halides is 2. The first-order valence-corrected chi connectivity index (χ1v) is 3.57. The van der Waals surface area contributed by atoms with E-state index in [0.717, 1.165) is 6.61 Å². The number of rotatable bonds is 1. The molecule has 1 aliphatic heterocycles. The summed E-state index contributed by atoms with van der Waals surface area (Å²) in [6.07, 6.45) is 0. The van der Waals surface area contributed by atoms with Gasteiger partial charge < -0.3 is 4.74 Å². The number of ether oxygens (including phenoxy) is 1. The van der Waals surface area contributed by atoms with Crippen LogP contribution in [0.4, 0.5) is 13.5 Å². The van der Waals surface area contributed by atoms with E-state index in [2.05, 4.69) is 4.74 Å². The third kappa shape index (κ3) is 10.4. The summed E-state index contributed by atoms with van der Waals surface area (Å²) in [7, 11) is 3.36. The van der Waals surface area contributed by atoms with Crippen molar-refractivity contribution in [2.45, 2.75) is 12.8 Å². The van der Waals surface area contributed by atoms with E-state index in [0.29, 0.717) is 0 Å². The number of methoxy groups -OCH3 is 1. The molecule has 0 aliphatic carbocycles. The Hall–Kier alpha value is 0.440. The molecule has 0 saturated carbocycles. The summed E-state index contributed by atoms with van der Waals surface area (Å²) in [6, 6.07) is 0. The van der Waals surface area contributed by atoms with Gasteiger partial charge in [-0.2, -0.15) is 0 Å². The zero-order valence-corrected chi connectivity index (χ0v) is 10.4. The highest BCUT2D eigenvalue weighted by molar-refractivity contribution is 14.0. The first-order valence-electron chi connectivity index (χ1n) is 3.57. The van der Waals surface area contributed by atoms with Gasteiger partial charge in [0.1, 0.15) is 0 Å². The lowest BCUT2D eigenvalue weighted by molar-refractivity contribution is -0.119. The van der Waals surface area contributed by atoms with E-state index < -0.39 is 5.92 Å². The van der Waals surface area contributed by atoms with Crippen LogP contribution in [0.2, 0.25) is 0 Å². The fraction of sp³-hybridized carbons (Fsp3) is 1.00. The van der Waals surface area contributed by atoms with Gasteiger partial charge in [0, 0.05) is 13.7 Å².